The molecule has 0 saturated carbocycles. The van der Waals surface area contributed by atoms with E-state index in [9.17, 15) is 19.5 Å². The molecule has 3 unspecified atom stereocenters. The molecule has 0 aromatic carbocycles. The SMILES string of the molecule is C=CCCCCOC(=O)[C@@H]1[C@H]2C(=O)N(CCCCO)C(C(=O)N(CC=C)CCCCC)C23S[C@@H]1CC3C. The Morgan fingerprint density at radius 2 is 1.97 bits per heavy atom. The first-order valence-electron chi connectivity index (χ1n) is 14.1. The van der Waals surface area contributed by atoms with Gasteiger partial charge < -0.3 is 19.6 Å². The number of carbonyl (C=O) groups excluding carboxylic acids is 3. The van der Waals surface area contributed by atoms with Crippen LogP contribution in [0.3, 0.4) is 0 Å². The van der Waals surface area contributed by atoms with E-state index in [-0.39, 0.29) is 35.6 Å². The molecular formula is C29H46N2O5S. The summed E-state index contributed by atoms with van der Waals surface area (Å²) in [5, 5.41) is 9.35. The second-order valence-corrected chi connectivity index (χ2v) is 12.3. The van der Waals surface area contributed by atoms with E-state index in [1.165, 1.54) is 0 Å². The summed E-state index contributed by atoms with van der Waals surface area (Å²) in [6.07, 6.45) is 11.2. The quantitative estimate of drug-likeness (QED) is 0.171. The summed E-state index contributed by atoms with van der Waals surface area (Å²) in [5.74, 6) is -1.35. The maximum absolute atomic E-state index is 14.2. The Morgan fingerprint density at radius 1 is 1.19 bits per heavy atom. The molecule has 3 saturated heterocycles. The van der Waals surface area contributed by atoms with Gasteiger partial charge in [-0.2, -0.15) is 0 Å². The van der Waals surface area contributed by atoms with Crippen molar-refractivity contribution in [3.63, 3.8) is 0 Å². The molecule has 1 N–H and O–H groups in total. The number of carbonyl (C=O) groups is 3. The lowest BCUT2D eigenvalue weighted by atomic mass is 9.66. The molecule has 1 spiro atoms. The fourth-order valence-corrected chi connectivity index (χ4v) is 8.94. The minimum atomic E-state index is -0.630. The fraction of sp³-hybridized carbons (Fsp3) is 0.759. The van der Waals surface area contributed by atoms with Crippen LogP contribution in [0.1, 0.15) is 71.6 Å². The van der Waals surface area contributed by atoms with Crippen LogP contribution in [-0.2, 0) is 19.1 Å². The van der Waals surface area contributed by atoms with Crippen LogP contribution in [0.25, 0.3) is 0 Å². The summed E-state index contributed by atoms with van der Waals surface area (Å²) < 4.78 is 5.07. The number of likely N-dealkylation sites (tertiary alicyclic amines) is 1. The first-order valence-corrected chi connectivity index (χ1v) is 15.0. The summed E-state index contributed by atoms with van der Waals surface area (Å²) in [5.41, 5.74) is 0. The van der Waals surface area contributed by atoms with Crippen molar-refractivity contribution < 1.29 is 24.2 Å². The van der Waals surface area contributed by atoms with Crippen molar-refractivity contribution in [2.75, 3.05) is 32.8 Å². The Bertz CT molecular complexity index is 835. The molecule has 3 fully saturated rings. The van der Waals surface area contributed by atoms with Crippen LogP contribution in [0, 0.1) is 17.8 Å². The number of nitrogens with zero attached hydrogens (tertiary/aromatic N) is 2. The predicted octanol–water partition coefficient (Wildman–Crippen LogP) is 4.20. The average Bonchev–Trinajstić information content (AvgIpc) is 3.47. The Kier molecular flexibility index (Phi) is 11.1. The molecule has 0 aromatic rings. The zero-order valence-corrected chi connectivity index (χ0v) is 23.6. The molecule has 0 aliphatic carbocycles. The molecule has 208 valence electrons. The van der Waals surface area contributed by atoms with Gasteiger partial charge in [-0.05, 0) is 50.9 Å². The number of esters is 1. The Morgan fingerprint density at radius 3 is 2.65 bits per heavy atom. The van der Waals surface area contributed by atoms with Crippen molar-refractivity contribution in [3.8, 4) is 0 Å². The van der Waals surface area contributed by atoms with Gasteiger partial charge in [0.2, 0.25) is 11.8 Å². The number of hydrogen-bond donors (Lipinski definition) is 1. The predicted molar refractivity (Wildman–Crippen MR) is 148 cm³/mol. The average molecular weight is 535 g/mol. The van der Waals surface area contributed by atoms with Crippen molar-refractivity contribution in [2.24, 2.45) is 17.8 Å². The summed E-state index contributed by atoms with van der Waals surface area (Å²) in [7, 11) is 0. The topological polar surface area (TPSA) is 87.1 Å². The number of rotatable bonds is 17. The third-order valence-electron chi connectivity index (χ3n) is 8.30. The van der Waals surface area contributed by atoms with Gasteiger partial charge in [0.25, 0.3) is 0 Å². The molecule has 2 bridgehead atoms. The van der Waals surface area contributed by atoms with Gasteiger partial charge in [-0.25, -0.2) is 0 Å². The van der Waals surface area contributed by atoms with E-state index in [0.717, 1.165) is 44.9 Å². The monoisotopic (exact) mass is 534 g/mol. The Hall–Kier alpha value is -1.80. The number of fused-ring (bicyclic) bond motifs is 1. The van der Waals surface area contributed by atoms with Crippen LogP contribution in [-0.4, -0.2) is 81.6 Å². The maximum atomic E-state index is 14.2. The first-order chi connectivity index (χ1) is 17.9. The second-order valence-electron chi connectivity index (χ2n) is 10.7. The number of unbranched alkanes of at least 4 members (excludes halogenated alkanes) is 5. The smallest absolute Gasteiger partial charge is 0.310 e. The van der Waals surface area contributed by atoms with Crippen molar-refractivity contribution in [2.45, 2.75) is 87.7 Å². The van der Waals surface area contributed by atoms with E-state index >= 15 is 0 Å². The second kappa shape index (κ2) is 13.8. The largest absolute Gasteiger partial charge is 0.465 e. The number of allylic oxidation sites excluding steroid dienone is 1. The van der Waals surface area contributed by atoms with Crippen LogP contribution >= 0.6 is 11.8 Å². The molecular weight excluding hydrogens is 488 g/mol. The van der Waals surface area contributed by atoms with Crippen LogP contribution < -0.4 is 0 Å². The molecule has 37 heavy (non-hydrogen) atoms. The molecule has 2 amide bonds. The van der Waals surface area contributed by atoms with E-state index < -0.39 is 22.6 Å². The number of ether oxygens (including phenoxy) is 1. The highest BCUT2D eigenvalue weighted by Crippen LogP contribution is 2.68. The summed E-state index contributed by atoms with van der Waals surface area (Å²) in [6, 6.07) is -0.610. The third kappa shape index (κ3) is 5.95. The highest BCUT2D eigenvalue weighted by molar-refractivity contribution is 8.02. The van der Waals surface area contributed by atoms with E-state index in [4.69, 9.17) is 4.74 Å². The lowest BCUT2D eigenvalue weighted by Gasteiger charge is -2.40. The van der Waals surface area contributed by atoms with Crippen LogP contribution in [0.4, 0.5) is 0 Å². The zero-order chi connectivity index (χ0) is 27.0. The van der Waals surface area contributed by atoms with Gasteiger partial charge in [-0.1, -0.05) is 38.8 Å². The van der Waals surface area contributed by atoms with E-state index in [1.807, 2.05) is 11.0 Å². The van der Waals surface area contributed by atoms with Crippen LogP contribution in [0.2, 0.25) is 0 Å². The summed E-state index contributed by atoms with van der Waals surface area (Å²) in [4.78, 5) is 45.2. The van der Waals surface area contributed by atoms with Crippen molar-refractivity contribution in [1.29, 1.82) is 0 Å². The highest BCUT2D eigenvalue weighted by Gasteiger charge is 2.76. The minimum absolute atomic E-state index is 0.00698. The van der Waals surface area contributed by atoms with Crippen LogP contribution in [0.15, 0.2) is 25.3 Å². The highest BCUT2D eigenvalue weighted by atomic mass is 32.2. The van der Waals surface area contributed by atoms with Gasteiger partial charge in [0.05, 0.1) is 23.2 Å². The normalized spacial score (nSPS) is 29.9. The van der Waals surface area contributed by atoms with E-state index in [1.54, 1.807) is 22.7 Å². The van der Waals surface area contributed by atoms with Crippen molar-refractivity contribution >= 4 is 29.5 Å². The standard InChI is InChI=1S/C29H46N2O5S/c1-5-8-10-14-19-36-28(35)23-22-20-21(4)29(37-22)24(23)26(33)31(17-12-13-18-32)25(29)27(34)30(15-7-3)16-11-9-6-2/h5,7,21-25,32H,1,3,6,8-20H2,2,4H3/t21?,22-,23+,24+,25?,29?/m1/s1. The van der Waals surface area contributed by atoms with Crippen LogP contribution in [0.5, 0.6) is 0 Å². The maximum Gasteiger partial charge on any atom is 0.310 e. The number of amides is 2. The number of aliphatic hydroxyl groups is 1. The van der Waals surface area contributed by atoms with E-state index in [2.05, 4.69) is 27.0 Å². The molecule has 8 heteroatoms. The van der Waals surface area contributed by atoms with Gasteiger partial charge in [-0.15, -0.1) is 24.9 Å². The van der Waals surface area contributed by atoms with Crippen molar-refractivity contribution in [3.05, 3.63) is 25.3 Å². The molecule has 3 aliphatic heterocycles. The van der Waals surface area contributed by atoms with E-state index in [0.29, 0.717) is 39.1 Å². The summed E-state index contributed by atoms with van der Waals surface area (Å²) in [6.45, 7) is 13.7. The van der Waals surface area contributed by atoms with Gasteiger partial charge in [0.1, 0.15) is 6.04 Å². The Balaban J connectivity index is 1.90. The lowest BCUT2D eigenvalue weighted by Crippen LogP contribution is -2.57. The molecule has 3 heterocycles. The molecule has 3 aliphatic rings. The molecule has 3 rings (SSSR count). The molecule has 0 radical (unpaired) electrons. The number of thioether (sulfide) groups is 1. The van der Waals surface area contributed by atoms with Gasteiger partial charge in [0, 0.05) is 31.5 Å². The lowest BCUT2D eigenvalue weighted by molar-refractivity contribution is -0.154. The zero-order valence-electron chi connectivity index (χ0n) is 22.7. The van der Waals surface area contributed by atoms with Gasteiger partial charge in [-0.3, -0.25) is 14.4 Å². The fourth-order valence-electron chi connectivity index (χ4n) is 6.53. The summed E-state index contributed by atoms with van der Waals surface area (Å²) >= 11 is 1.69. The van der Waals surface area contributed by atoms with Crippen molar-refractivity contribution in [1.82, 2.24) is 9.80 Å². The third-order valence-corrected chi connectivity index (χ3v) is 10.4. The van der Waals surface area contributed by atoms with Gasteiger partial charge >= 0.3 is 5.97 Å². The number of hydrogen-bond acceptors (Lipinski definition) is 6. The number of aliphatic hydroxyl groups excluding tert-OH is 1. The first kappa shape index (κ1) is 29.8. The van der Waals surface area contributed by atoms with Gasteiger partial charge in [0.15, 0.2) is 0 Å². The molecule has 6 atom stereocenters. The minimum Gasteiger partial charge on any atom is -0.465 e. The molecule has 7 nitrogen and oxygen atoms in total. The Labute approximate surface area is 227 Å². The molecule has 0 aromatic heterocycles.